The van der Waals surface area contributed by atoms with Crippen LogP contribution in [0.3, 0.4) is 0 Å². The third kappa shape index (κ3) is 3.45. The monoisotopic (exact) mass is 200 g/mol. The van der Waals surface area contributed by atoms with Gasteiger partial charge in [0.1, 0.15) is 12.4 Å². The number of nitrogens with zero attached hydrogens (tertiary/aromatic N) is 2. The first-order valence-corrected chi connectivity index (χ1v) is 4.56. The lowest BCUT2D eigenvalue weighted by Gasteiger charge is -2.06. The summed E-state index contributed by atoms with van der Waals surface area (Å²) in [4.78, 5) is 3.98. The molecule has 0 bridgehead atoms. The number of rotatable bonds is 7. The molecule has 0 unspecified atom stereocenters. The first-order valence-electron chi connectivity index (χ1n) is 4.56. The first-order chi connectivity index (χ1) is 6.88. The molecule has 0 aromatic carbocycles. The summed E-state index contributed by atoms with van der Waals surface area (Å²) in [5.41, 5.74) is 0. The van der Waals surface area contributed by atoms with Gasteiger partial charge in [0.05, 0.1) is 19.8 Å². The second kappa shape index (κ2) is 6.53. The first kappa shape index (κ1) is 11.2. The summed E-state index contributed by atoms with van der Waals surface area (Å²) in [6.07, 6.45) is 3.49. The molecular weight excluding hydrogens is 184 g/mol. The maximum absolute atomic E-state index is 8.90. The SMILES string of the molecule is COCCOCCn1ccnc1CO. The van der Waals surface area contributed by atoms with Gasteiger partial charge in [0.15, 0.2) is 0 Å². The molecule has 0 aliphatic heterocycles. The van der Waals surface area contributed by atoms with Gasteiger partial charge in [-0.05, 0) is 0 Å². The molecule has 1 N–H and O–H groups in total. The minimum atomic E-state index is -0.0366. The number of aliphatic hydroxyl groups excluding tert-OH is 1. The molecule has 0 fully saturated rings. The quantitative estimate of drug-likeness (QED) is 0.631. The molecule has 0 amide bonds. The summed E-state index contributed by atoms with van der Waals surface area (Å²) in [6, 6.07) is 0. The highest BCUT2D eigenvalue weighted by Gasteiger charge is 1.99. The van der Waals surface area contributed by atoms with Crippen molar-refractivity contribution in [3.8, 4) is 0 Å². The lowest BCUT2D eigenvalue weighted by molar-refractivity contribution is 0.0659. The van der Waals surface area contributed by atoms with Crippen LogP contribution in [0.4, 0.5) is 0 Å². The Bertz CT molecular complexity index is 250. The molecule has 0 saturated heterocycles. The zero-order chi connectivity index (χ0) is 10.2. The smallest absolute Gasteiger partial charge is 0.134 e. The average Bonchev–Trinajstić information content (AvgIpc) is 2.65. The van der Waals surface area contributed by atoms with Crippen molar-refractivity contribution in [2.24, 2.45) is 0 Å². The largest absolute Gasteiger partial charge is 0.388 e. The number of hydrogen-bond acceptors (Lipinski definition) is 4. The summed E-state index contributed by atoms with van der Waals surface area (Å²) in [5.74, 6) is 0.667. The maximum Gasteiger partial charge on any atom is 0.134 e. The molecule has 5 nitrogen and oxygen atoms in total. The van der Waals surface area contributed by atoms with E-state index < -0.39 is 0 Å². The molecule has 0 radical (unpaired) electrons. The molecule has 0 spiro atoms. The van der Waals surface area contributed by atoms with Gasteiger partial charge < -0.3 is 19.1 Å². The van der Waals surface area contributed by atoms with Crippen molar-refractivity contribution < 1.29 is 14.6 Å². The average molecular weight is 200 g/mol. The lowest BCUT2D eigenvalue weighted by Crippen LogP contribution is -2.11. The van der Waals surface area contributed by atoms with Gasteiger partial charge in [-0.25, -0.2) is 4.98 Å². The zero-order valence-corrected chi connectivity index (χ0v) is 8.35. The fourth-order valence-electron chi connectivity index (χ4n) is 1.10. The van der Waals surface area contributed by atoms with Crippen LogP contribution < -0.4 is 0 Å². The highest BCUT2D eigenvalue weighted by molar-refractivity contribution is 4.89. The van der Waals surface area contributed by atoms with E-state index in [1.165, 1.54) is 0 Å². The van der Waals surface area contributed by atoms with Gasteiger partial charge in [-0.3, -0.25) is 0 Å². The van der Waals surface area contributed by atoms with Crippen LogP contribution >= 0.6 is 0 Å². The minimum Gasteiger partial charge on any atom is -0.388 e. The minimum absolute atomic E-state index is 0.0366. The predicted octanol–water partition coefficient (Wildman–Crippen LogP) is 0.0384. The van der Waals surface area contributed by atoms with Gasteiger partial charge in [-0.2, -0.15) is 0 Å². The number of aromatic nitrogens is 2. The summed E-state index contributed by atoms with van der Waals surface area (Å²) in [6.45, 7) is 2.48. The van der Waals surface area contributed by atoms with Crippen LogP contribution in [-0.4, -0.2) is 41.6 Å². The standard InChI is InChI=1S/C9H16N2O3/c1-13-6-7-14-5-4-11-3-2-10-9(11)8-12/h2-3,12H,4-8H2,1H3. The Hall–Kier alpha value is -0.910. The van der Waals surface area contributed by atoms with Crippen molar-refractivity contribution in [3.05, 3.63) is 18.2 Å². The van der Waals surface area contributed by atoms with Gasteiger partial charge in [-0.15, -0.1) is 0 Å². The molecule has 0 atom stereocenters. The number of hydrogen-bond donors (Lipinski definition) is 1. The third-order valence-electron chi connectivity index (χ3n) is 1.85. The van der Waals surface area contributed by atoms with Crippen molar-refractivity contribution in [1.82, 2.24) is 9.55 Å². The summed E-state index contributed by atoms with van der Waals surface area (Å²) in [5, 5.41) is 8.90. The summed E-state index contributed by atoms with van der Waals surface area (Å²) < 4.78 is 12.0. The highest BCUT2D eigenvalue weighted by atomic mass is 16.5. The van der Waals surface area contributed by atoms with Crippen molar-refractivity contribution >= 4 is 0 Å². The number of imidazole rings is 1. The van der Waals surface area contributed by atoms with Crippen LogP contribution in [0.25, 0.3) is 0 Å². The van der Waals surface area contributed by atoms with Crippen LogP contribution in [0.2, 0.25) is 0 Å². The van der Waals surface area contributed by atoms with Crippen LogP contribution in [0.15, 0.2) is 12.4 Å². The molecule has 1 rings (SSSR count). The van der Waals surface area contributed by atoms with Crippen molar-refractivity contribution in [2.75, 3.05) is 26.9 Å². The number of aliphatic hydroxyl groups is 1. The van der Waals surface area contributed by atoms with E-state index in [0.29, 0.717) is 32.2 Å². The molecule has 0 aliphatic rings. The van der Waals surface area contributed by atoms with E-state index in [9.17, 15) is 0 Å². The lowest BCUT2D eigenvalue weighted by atomic mass is 10.6. The third-order valence-corrected chi connectivity index (χ3v) is 1.85. The highest BCUT2D eigenvalue weighted by Crippen LogP contribution is 1.96. The second-order valence-electron chi connectivity index (χ2n) is 2.80. The zero-order valence-electron chi connectivity index (χ0n) is 8.35. The Morgan fingerprint density at radius 1 is 1.43 bits per heavy atom. The van der Waals surface area contributed by atoms with E-state index in [-0.39, 0.29) is 6.61 Å². The van der Waals surface area contributed by atoms with Crippen molar-refractivity contribution in [3.63, 3.8) is 0 Å². The van der Waals surface area contributed by atoms with E-state index in [4.69, 9.17) is 14.6 Å². The van der Waals surface area contributed by atoms with Gasteiger partial charge >= 0.3 is 0 Å². The van der Waals surface area contributed by atoms with E-state index in [0.717, 1.165) is 0 Å². The molecule has 14 heavy (non-hydrogen) atoms. The second-order valence-corrected chi connectivity index (χ2v) is 2.80. The Balaban J connectivity index is 2.17. The van der Waals surface area contributed by atoms with E-state index in [1.807, 2.05) is 10.8 Å². The fourth-order valence-corrected chi connectivity index (χ4v) is 1.10. The Kier molecular flexibility index (Phi) is 5.21. The van der Waals surface area contributed by atoms with Gasteiger partial charge in [0.2, 0.25) is 0 Å². The number of ether oxygens (including phenoxy) is 2. The molecule has 1 heterocycles. The molecule has 5 heteroatoms. The van der Waals surface area contributed by atoms with E-state index >= 15 is 0 Å². The molecule has 1 aromatic rings. The van der Waals surface area contributed by atoms with Gasteiger partial charge in [0.25, 0.3) is 0 Å². The molecule has 1 aromatic heterocycles. The molecular formula is C9H16N2O3. The summed E-state index contributed by atoms with van der Waals surface area (Å²) >= 11 is 0. The van der Waals surface area contributed by atoms with E-state index in [2.05, 4.69) is 4.98 Å². The molecule has 0 saturated carbocycles. The number of methoxy groups -OCH3 is 1. The molecule has 80 valence electrons. The van der Waals surface area contributed by atoms with Crippen molar-refractivity contribution in [2.45, 2.75) is 13.2 Å². The van der Waals surface area contributed by atoms with Crippen LogP contribution in [0.5, 0.6) is 0 Å². The predicted molar refractivity (Wildman–Crippen MR) is 50.8 cm³/mol. The Labute approximate surface area is 83.3 Å². The maximum atomic E-state index is 8.90. The van der Waals surface area contributed by atoms with Gasteiger partial charge in [0, 0.05) is 26.0 Å². The van der Waals surface area contributed by atoms with Crippen LogP contribution in [0, 0.1) is 0 Å². The topological polar surface area (TPSA) is 56.5 Å². The summed E-state index contributed by atoms with van der Waals surface area (Å²) in [7, 11) is 1.64. The molecule has 0 aliphatic carbocycles. The normalized spacial score (nSPS) is 10.7. The fraction of sp³-hybridized carbons (Fsp3) is 0.667. The Morgan fingerprint density at radius 3 is 3.00 bits per heavy atom. The van der Waals surface area contributed by atoms with E-state index in [1.54, 1.807) is 13.3 Å². The van der Waals surface area contributed by atoms with Crippen molar-refractivity contribution in [1.29, 1.82) is 0 Å². The Morgan fingerprint density at radius 2 is 2.29 bits per heavy atom. The van der Waals surface area contributed by atoms with Crippen LogP contribution in [-0.2, 0) is 22.6 Å². The van der Waals surface area contributed by atoms with Gasteiger partial charge in [-0.1, -0.05) is 0 Å². The van der Waals surface area contributed by atoms with Crippen LogP contribution in [0.1, 0.15) is 5.82 Å².